The molecule has 20 heavy (non-hydrogen) atoms. The molecule has 4 nitrogen and oxygen atoms in total. The van der Waals surface area contributed by atoms with Gasteiger partial charge in [-0.25, -0.2) is 0 Å². The second-order valence-electron chi connectivity index (χ2n) is 5.16. The number of hydrogen-bond donors (Lipinski definition) is 1. The Labute approximate surface area is 121 Å². The molecule has 0 radical (unpaired) electrons. The predicted molar refractivity (Wildman–Crippen MR) is 82.3 cm³/mol. The molecule has 0 aliphatic heterocycles. The summed E-state index contributed by atoms with van der Waals surface area (Å²) < 4.78 is 5.27. The highest BCUT2D eigenvalue weighted by atomic mass is 16.5. The Bertz CT molecular complexity index is 419. The van der Waals surface area contributed by atoms with E-state index in [2.05, 4.69) is 0 Å². The summed E-state index contributed by atoms with van der Waals surface area (Å²) in [5.74, 6) is 0.169. The van der Waals surface area contributed by atoms with E-state index < -0.39 is 0 Å². The topological polar surface area (TPSA) is 55.6 Å². The SMILES string of the molecule is CCOCCCC(=O)N(Cc1cccc(N)c1)C(C)C. The second kappa shape index (κ2) is 8.59. The molecule has 0 fully saturated rings. The maximum Gasteiger partial charge on any atom is 0.223 e. The smallest absolute Gasteiger partial charge is 0.223 e. The van der Waals surface area contributed by atoms with Gasteiger partial charge in [0, 0.05) is 37.9 Å². The quantitative estimate of drug-likeness (QED) is 0.587. The van der Waals surface area contributed by atoms with Crippen LogP contribution in [0.2, 0.25) is 0 Å². The molecule has 1 amide bonds. The summed E-state index contributed by atoms with van der Waals surface area (Å²) >= 11 is 0. The number of carbonyl (C=O) groups excluding carboxylic acids is 1. The average molecular weight is 278 g/mol. The first-order valence-corrected chi connectivity index (χ1v) is 7.26. The van der Waals surface area contributed by atoms with Crippen LogP contribution < -0.4 is 5.73 Å². The van der Waals surface area contributed by atoms with E-state index in [1.807, 2.05) is 49.9 Å². The number of amides is 1. The van der Waals surface area contributed by atoms with E-state index in [9.17, 15) is 4.79 Å². The normalized spacial score (nSPS) is 10.8. The Kier molecular flexibility index (Phi) is 7.09. The van der Waals surface area contributed by atoms with Gasteiger partial charge >= 0.3 is 0 Å². The van der Waals surface area contributed by atoms with Crippen LogP contribution in [0.15, 0.2) is 24.3 Å². The number of rotatable bonds is 8. The third-order valence-electron chi connectivity index (χ3n) is 3.13. The molecular formula is C16H26N2O2. The number of anilines is 1. The van der Waals surface area contributed by atoms with E-state index in [1.165, 1.54) is 0 Å². The van der Waals surface area contributed by atoms with Gasteiger partial charge in [-0.15, -0.1) is 0 Å². The van der Waals surface area contributed by atoms with E-state index in [1.54, 1.807) is 0 Å². The zero-order chi connectivity index (χ0) is 15.0. The van der Waals surface area contributed by atoms with Gasteiger partial charge in [-0.3, -0.25) is 4.79 Å². The summed E-state index contributed by atoms with van der Waals surface area (Å²) in [6, 6.07) is 7.87. The van der Waals surface area contributed by atoms with Crippen LogP contribution in [0.5, 0.6) is 0 Å². The van der Waals surface area contributed by atoms with Crippen molar-refractivity contribution in [3.8, 4) is 0 Å². The zero-order valence-corrected chi connectivity index (χ0v) is 12.8. The molecule has 4 heteroatoms. The maximum absolute atomic E-state index is 12.3. The van der Waals surface area contributed by atoms with Crippen LogP contribution in [0.3, 0.4) is 0 Å². The van der Waals surface area contributed by atoms with Crippen molar-refractivity contribution >= 4 is 11.6 Å². The van der Waals surface area contributed by atoms with Gasteiger partial charge in [0.25, 0.3) is 0 Å². The first kappa shape index (κ1) is 16.5. The molecule has 0 saturated heterocycles. The van der Waals surface area contributed by atoms with Gasteiger partial charge in [-0.05, 0) is 44.9 Å². The molecule has 0 unspecified atom stereocenters. The minimum atomic E-state index is 0.169. The number of benzene rings is 1. The molecule has 0 aromatic heterocycles. The van der Waals surface area contributed by atoms with Crippen LogP contribution in [-0.4, -0.2) is 30.1 Å². The molecule has 0 saturated carbocycles. The molecule has 0 bridgehead atoms. The lowest BCUT2D eigenvalue weighted by molar-refractivity contribution is -0.133. The monoisotopic (exact) mass is 278 g/mol. The Hall–Kier alpha value is -1.55. The summed E-state index contributed by atoms with van der Waals surface area (Å²) in [5, 5.41) is 0. The Balaban J connectivity index is 2.57. The van der Waals surface area contributed by atoms with Crippen LogP contribution in [0.25, 0.3) is 0 Å². The molecular weight excluding hydrogens is 252 g/mol. The largest absolute Gasteiger partial charge is 0.399 e. The third kappa shape index (κ3) is 5.61. The van der Waals surface area contributed by atoms with Crippen molar-refractivity contribution in [3.63, 3.8) is 0 Å². The Morgan fingerprint density at radius 1 is 1.40 bits per heavy atom. The summed E-state index contributed by atoms with van der Waals surface area (Å²) in [5.41, 5.74) is 7.58. The van der Waals surface area contributed by atoms with Gasteiger partial charge < -0.3 is 15.4 Å². The van der Waals surface area contributed by atoms with Gasteiger partial charge in [0.05, 0.1) is 0 Å². The van der Waals surface area contributed by atoms with Crippen molar-refractivity contribution < 1.29 is 9.53 Å². The van der Waals surface area contributed by atoms with E-state index in [0.29, 0.717) is 26.2 Å². The van der Waals surface area contributed by atoms with Gasteiger partial charge in [0.15, 0.2) is 0 Å². The number of nitrogen functional groups attached to an aromatic ring is 1. The van der Waals surface area contributed by atoms with Crippen molar-refractivity contribution in [2.45, 2.75) is 46.2 Å². The number of ether oxygens (including phenoxy) is 1. The van der Waals surface area contributed by atoms with Crippen molar-refractivity contribution in [3.05, 3.63) is 29.8 Å². The molecule has 0 aliphatic rings. The van der Waals surface area contributed by atoms with Crippen LogP contribution in [0, 0.1) is 0 Å². The molecule has 0 spiro atoms. The molecule has 2 N–H and O–H groups in total. The van der Waals surface area contributed by atoms with Crippen molar-refractivity contribution in [1.29, 1.82) is 0 Å². The number of carbonyl (C=O) groups is 1. The fraction of sp³-hybridized carbons (Fsp3) is 0.562. The van der Waals surface area contributed by atoms with Crippen LogP contribution in [-0.2, 0) is 16.1 Å². The summed E-state index contributed by atoms with van der Waals surface area (Å²) in [4.78, 5) is 14.2. The number of hydrogen-bond acceptors (Lipinski definition) is 3. The lowest BCUT2D eigenvalue weighted by Crippen LogP contribution is -2.36. The van der Waals surface area contributed by atoms with Crippen molar-refractivity contribution in [2.75, 3.05) is 18.9 Å². The summed E-state index contributed by atoms with van der Waals surface area (Å²) in [6.45, 7) is 7.98. The van der Waals surface area contributed by atoms with E-state index in [0.717, 1.165) is 17.7 Å². The molecule has 0 atom stereocenters. The molecule has 112 valence electrons. The standard InChI is InChI=1S/C16H26N2O2/c1-4-20-10-6-9-16(19)18(13(2)3)12-14-7-5-8-15(17)11-14/h5,7-8,11,13H,4,6,9-10,12,17H2,1-3H3. The van der Waals surface area contributed by atoms with Gasteiger partial charge in [-0.2, -0.15) is 0 Å². The first-order valence-electron chi connectivity index (χ1n) is 7.26. The first-order chi connectivity index (χ1) is 9.54. The lowest BCUT2D eigenvalue weighted by Gasteiger charge is -2.27. The number of nitrogens with two attached hydrogens (primary N) is 1. The van der Waals surface area contributed by atoms with Crippen molar-refractivity contribution in [1.82, 2.24) is 4.90 Å². The highest BCUT2D eigenvalue weighted by molar-refractivity contribution is 5.76. The Morgan fingerprint density at radius 2 is 2.15 bits per heavy atom. The summed E-state index contributed by atoms with van der Waals surface area (Å²) in [7, 11) is 0. The van der Waals surface area contributed by atoms with Gasteiger partial charge in [-0.1, -0.05) is 12.1 Å². The maximum atomic E-state index is 12.3. The fourth-order valence-corrected chi connectivity index (χ4v) is 2.06. The Morgan fingerprint density at radius 3 is 2.75 bits per heavy atom. The van der Waals surface area contributed by atoms with Crippen LogP contribution >= 0.6 is 0 Å². The highest BCUT2D eigenvalue weighted by Gasteiger charge is 2.16. The molecule has 1 aromatic carbocycles. The molecule has 0 aliphatic carbocycles. The highest BCUT2D eigenvalue weighted by Crippen LogP contribution is 2.13. The van der Waals surface area contributed by atoms with Crippen molar-refractivity contribution in [2.24, 2.45) is 0 Å². The predicted octanol–water partition coefficient (Wildman–Crippen LogP) is 2.82. The third-order valence-corrected chi connectivity index (χ3v) is 3.13. The lowest BCUT2D eigenvalue weighted by atomic mass is 10.1. The van der Waals surface area contributed by atoms with Gasteiger partial charge in [0.1, 0.15) is 0 Å². The van der Waals surface area contributed by atoms with Gasteiger partial charge in [0.2, 0.25) is 5.91 Å². The minimum absolute atomic E-state index is 0.169. The number of nitrogens with zero attached hydrogens (tertiary/aromatic N) is 1. The average Bonchev–Trinajstić information content (AvgIpc) is 2.40. The molecule has 1 aromatic rings. The summed E-state index contributed by atoms with van der Waals surface area (Å²) in [6.07, 6.45) is 1.30. The fourth-order valence-electron chi connectivity index (χ4n) is 2.06. The van der Waals surface area contributed by atoms with E-state index in [-0.39, 0.29) is 11.9 Å². The van der Waals surface area contributed by atoms with Crippen LogP contribution in [0.1, 0.15) is 39.2 Å². The second-order valence-corrected chi connectivity index (χ2v) is 5.16. The van der Waals surface area contributed by atoms with Crippen LogP contribution in [0.4, 0.5) is 5.69 Å². The van der Waals surface area contributed by atoms with E-state index in [4.69, 9.17) is 10.5 Å². The minimum Gasteiger partial charge on any atom is -0.399 e. The zero-order valence-electron chi connectivity index (χ0n) is 12.8. The van der Waals surface area contributed by atoms with E-state index >= 15 is 0 Å². The molecule has 0 heterocycles. The molecule has 1 rings (SSSR count).